The summed E-state index contributed by atoms with van der Waals surface area (Å²) in [4.78, 5) is 2.17. The average Bonchev–Trinajstić information content (AvgIpc) is 2.32. The molecular formula is C12H20N2O2. The van der Waals surface area contributed by atoms with E-state index in [0.717, 1.165) is 30.2 Å². The van der Waals surface area contributed by atoms with Crippen LogP contribution in [-0.4, -0.2) is 33.9 Å². The van der Waals surface area contributed by atoms with Crippen molar-refractivity contribution in [1.29, 1.82) is 0 Å². The van der Waals surface area contributed by atoms with E-state index in [1.54, 1.807) is 14.2 Å². The molecule has 0 fully saturated rings. The molecule has 0 aliphatic rings. The van der Waals surface area contributed by atoms with Crippen molar-refractivity contribution in [3.8, 4) is 5.75 Å². The summed E-state index contributed by atoms with van der Waals surface area (Å²) in [5.74, 6) is 0.820. The van der Waals surface area contributed by atoms with Crippen LogP contribution in [0.2, 0.25) is 0 Å². The minimum atomic E-state index is 0.685. The number of nitrogen functional groups attached to an aromatic ring is 1. The molecule has 0 aliphatic carbocycles. The van der Waals surface area contributed by atoms with E-state index >= 15 is 0 Å². The van der Waals surface area contributed by atoms with Gasteiger partial charge in [-0.05, 0) is 19.1 Å². The Hall–Kier alpha value is -1.42. The van der Waals surface area contributed by atoms with Gasteiger partial charge in [-0.15, -0.1) is 0 Å². The Kier molecular flexibility index (Phi) is 4.92. The number of benzene rings is 1. The van der Waals surface area contributed by atoms with Crippen LogP contribution in [0.3, 0.4) is 0 Å². The van der Waals surface area contributed by atoms with Crippen LogP contribution in [-0.2, 0) is 4.74 Å². The first-order valence-electron chi connectivity index (χ1n) is 5.40. The summed E-state index contributed by atoms with van der Waals surface area (Å²) in [6.45, 7) is 4.49. The van der Waals surface area contributed by atoms with Crippen LogP contribution in [0.15, 0.2) is 18.2 Å². The highest BCUT2D eigenvalue weighted by Gasteiger charge is 2.08. The monoisotopic (exact) mass is 224 g/mol. The van der Waals surface area contributed by atoms with Crippen molar-refractivity contribution >= 4 is 11.4 Å². The molecule has 1 aromatic carbocycles. The van der Waals surface area contributed by atoms with E-state index in [-0.39, 0.29) is 0 Å². The smallest absolute Gasteiger partial charge is 0.121 e. The standard InChI is InChI=1S/C12H20N2O2/c1-4-14(7-8-15-2)12-9-10(16-3)5-6-11(12)13/h5-6,9H,4,7-8,13H2,1-3H3. The second kappa shape index (κ2) is 6.23. The molecule has 0 heterocycles. The number of nitrogens with two attached hydrogens (primary N) is 1. The van der Waals surface area contributed by atoms with Gasteiger partial charge in [0, 0.05) is 26.3 Å². The first-order valence-corrected chi connectivity index (χ1v) is 5.40. The van der Waals surface area contributed by atoms with Gasteiger partial charge in [0.1, 0.15) is 5.75 Å². The van der Waals surface area contributed by atoms with E-state index in [1.807, 2.05) is 18.2 Å². The Labute approximate surface area is 96.9 Å². The highest BCUT2D eigenvalue weighted by Crippen LogP contribution is 2.27. The quantitative estimate of drug-likeness (QED) is 0.748. The van der Waals surface area contributed by atoms with Gasteiger partial charge in [0.05, 0.1) is 25.1 Å². The minimum Gasteiger partial charge on any atom is -0.497 e. The van der Waals surface area contributed by atoms with Crippen molar-refractivity contribution in [2.75, 3.05) is 44.5 Å². The predicted molar refractivity (Wildman–Crippen MR) is 67.2 cm³/mol. The van der Waals surface area contributed by atoms with Gasteiger partial charge in [-0.1, -0.05) is 0 Å². The third-order valence-electron chi connectivity index (χ3n) is 2.53. The number of anilines is 2. The number of likely N-dealkylation sites (N-methyl/N-ethyl adjacent to an activating group) is 1. The van der Waals surface area contributed by atoms with Crippen LogP contribution in [0.25, 0.3) is 0 Å². The molecule has 0 aromatic heterocycles. The van der Waals surface area contributed by atoms with E-state index in [0.29, 0.717) is 6.61 Å². The second-order valence-electron chi connectivity index (χ2n) is 3.50. The summed E-state index contributed by atoms with van der Waals surface area (Å²) in [6, 6.07) is 5.68. The number of hydrogen-bond donors (Lipinski definition) is 1. The summed E-state index contributed by atoms with van der Waals surface area (Å²) < 4.78 is 10.3. The zero-order valence-electron chi connectivity index (χ0n) is 10.2. The fraction of sp³-hybridized carbons (Fsp3) is 0.500. The molecule has 0 atom stereocenters. The van der Waals surface area contributed by atoms with Crippen LogP contribution in [0, 0.1) is 0 Å². The number of hydrogen-bond acceptors (Lipinski definition) is 4. The van der Waals surface area contributed by atoms with Gasteiger partial charge in [-0.3, -0.25) is 0 Å². The highest BCUT2D eigenvalue weighted by atomic mass is 16.5. The Morgan fingerprint density at radius 3 is 2.62 bits per heavy atom. The Morgan fingerprint density at radius 1 is 1.31 bits per heavy atom. The molecule has 0 radical (unpaired) electrons. The maximum Gasteiger partial charge on any atom is 0.121 e. The molecule has 90 valence electrons. The maximum atomic E-state index is 5.95. The molecule has 0 spiro atoms. The van der Waals surface area contributed by atoms with Crippen molar-refractivity contribution < 1.29 is 9.47 Å². The SMILES string of the molecule is CCN(CCOC)c1cc(OC)ccc1N. The van der Waals surface area contributed by atoms with Crippen LogP contribution in [0.5, 0.6) is 5.75 Å². The number of nitrogens with zero attached hydrogens (tertiary/aromatic N) is 1. The van der Waals surface area contributed by atoms with E-state index < -0.39 is 0 Å². The molecule has 0 aliphatic heterocycles. The van der Waals surface area contributed by atoms with Crippen LogP contribution < -0.4 is 15.4 Å². The maximum absolute atomic E-state index is 5.95. The van der Waals surface area contributed by atoms with Crippen LogP contribution >= 0.6 is 0 Å². The summed E-state index contributed by atoms with van der Waals surface area (Å²) in [5, 5.41) is 0. The van der Waals surface area contributed by atoms with E-state index in [2.05, 4.69) is 11.8 Å². The lowest BCUT2D eigenvalue weighted by atomic mass is 10.2. The van der Waals surface area contributed by atoms with Crippen molar-refractivity contribution in [2.24, 2.45) is 0 Å². The summed E-state index contributed by atoms with van der Waals surface area (Å²) in [5.41, 5.74) is 7.72. The summed E-state index contributed by atoms with van der Waals surface area (Å²) in [6.07, 6.45) is 0. The average molecular weight is 224 g/mol. The van der Waals surface area contributed by atoms with E-state index in [1.165, 1.54) is 0 Å². The lowest BCUT2D eigenvalue weighted by Crippen LogP contribution is -2.27. The third-order valence-corrected chi connectivity index (χ3v) is 2.53. The van der Waals surface area contributed by atoms with Gasteiger partial charge in [0.2, 0.25) is 0 Å². The van der Waals surface area contributed by atoms with Gasteiger partial charge < -0.3 is 20.1 Å². The fourth-order valence-corrected chi connectivity index (χ4v) is 1.57. The highest BCUT2D eigenvalue weighted by molar-refractivity contribution is 5.69. The number of ether oxygens (including phenoxy) is 2. The van der Waals surface area contributed by atoms with Crippen LogP contribution in [0.1, 0.15) is 6.92 Å². The van der Waals surface area contributed by atoms with Crippen molar-refractivity contribution in [1.82, 2.24) is 0 Å². The Bertz CT molecular complexity index is 329. The normalized spacial score (nSPS) is 10.2. The van der Waals surface area contributed by atoms with E-state index in [4.69, 9.17) is 15.2 Å². The van der Waals surface area contributed by atoms with E-state index in [9.17, 15) is 0 Å². The zero-order valence-corrected chi connectivity index (χ0v) is 10.2. The number of methoxy groups -OCH3 is 2. The Morgan fingerprint density at radius 2 is 2.06 bits per heavy atom. The third kappa shape index (κ3) is 3.03. The van der Waals surface area contributed by atoms with Crippen LogP contribution in [0.4, 0.5) is 11.4 Å². The first-order chi connectivity index (χ1) is 7.72. The van der Waals surface area contributed by atoms with Gasteiger partial charge in [0.25, 0.3) is 0 Å². The largest absolute Gasteiger partial charge is 0.497 e. The molecule has 2 N–H and O–H groups in total. The van der Waals surface area contributed by atoms with Gasteiger partial charge in [0.15, 0.2) is 0 Å². The van der Waals surface area contributed by atoms with Gasteiger partial charge >= 0.3 is 0 Å². The van der Waals surface area contributed by atoms with Crippen molar-refractivity contribution in [3.63, 3.8) is 0 Å². The summed E-state index contributed by atoms with van der Waals surface area (Å²) in [7, 11) is 3.35. The topological polar surface area (TPSA) is 47.7 Å². The zero-order chi connectivity index (χ0) is 12.0. The molecule has 0 amide bonds. The molecule has 0 bridgehead atoms. The predicted octanol–water partition coefficient (Wildman–Crippen LogP) is 1.75. The summed E-state index contributed by atoms with van der Waals surface area (Å²) >= 11 is 0. The molecule has 1 rings (SSSR count). The number of rotatable bonds is 6. The minimum absolute atomic E-state index is 0.685. The molecule has 1 aromatic rings. The molecular weight excluding hydrogens is 204 g/mol. The first kappa shape index (κ1) is 12.6. The van der Waals surface area contributed by atoms with Crippen molar-refractivity contribution in [3.05, 3.63) is 18.2 Å². The van der Waals surface area contributed by atoms with Gasteiger partial charge in [-0.2, -0.15) is 0 Å². The molecule has 4 nitrogen and oxygen atoms in total. The van der Waals surface area contributed by atoms with Gasteiger partial charge in [-0.25, -0.2) is 0 Å². The molecule has 0 saturated carbocycles. The van der Waals surface area contributed by atoms with Crippen molar-refractivity contribution in [2.45, 2.75) is 6.92 Å². The lowest BCUT2D eigenvalue weighted by Gasteiger charge is -2.24. The molecule has 0 saturated heterocycles. The molecule has 16 heavy (non-hydrogen) atoms. The molecule has 0 unspecified atom stereocenters. The lowest BCUT2D eigenvalue weighted by molar-refractivity contribution is 0.205. The fourth-order valence-electron chi connectivity index (χ4n) is 1.57. The Balaban J connectivity index is 2.89. The molecule has 4 heteroatoms. The second-order valence-corrected chi connectivity index (χ2v) is 3.50.